The van der Waals surface area contributed by atoms with E-state index in [-0.39, 0.29) is 6.42 Å². The minimum absolute atomic E-state index is 0.291. The van der Waals surface area contributed by atoms with Crippen LogP contribution in [-0.2, 0) is 23.9 Å². The quantitative estimate of drug-likeness (QED) is 0.118. The Morgan fingerprint density at radius 1 is 0.784 bits per heavy atom. The molecule has 0 aromatic carbocycles. The smallest absolute Gasteiger partial charge is 0.328 e. The largest absolute Gasteiger partial charge is 0.481 e. The minimum Gasteiger partial charge on any atom is -0.481 e. The van der Waals surface area contributed by atoms with Crippen LogP contribution in [0, 0.1) is 0 Å². The molecular weight excluding hydrogens is 496 g/mol. The van der Waals surface area contributed by atoms with Crippen LogP contribution in [0.1, 0.15) is 99.8 Å². The second kappa shape index (κ2) is 24.8. The predicted molar refractivity (Wildman–Crippen MR) is 153 cm³/mol. The molecule has 0 aliphatic rings. The Morgan fingerprint density at radius 2 is 1.19 bits per heavy atom. The Bertz CT molecular complexity index is 655. The topological polar surface area (TPSA) is 124 Å². The number of carboxylic acids is 2. The summed E-state index contributed by atoms with van der Waals surface area (Å²) in [4.78, 5) is 27.3. The van der Waals surface area contributed by atoms with E-state index >= 15 is 0 Å². The summed E-state index contributed by atoms with van der Waals surface area (Å²) < 4.78 is 26.6. The van der Waals surface area contributed by atoms with Gasteiger partial charge in [0.15, 0.2) is 0 Å². The number of hydrogen-bond donors (Lipinski definition) is 2. The number of rotatable bonds is 20. The molecule has 222 valence electrons. The van der Waals surface area contributed by atoms with Crippen LogP contribution in [0.15, 0.2) is 12.7 Å². The summed E-state index contributed by atoms with van der Waals surface area (Å²) in [7, 11) is -4.59. The molecule has 0 aliphatic carbocycles. The van der Waals surface area contributed by atoms with E-state index in [0.29, 0.717) is 12.8 Å². The highest BCUT2D eigenvalue weighted by Gasteiger charge is 2.53. The zero-order chi connectivity index (χ0) is 29.3. The summed E-state index contributed by atoms with van der Waals surface area (Å²) >= 11 is 0. The van der Waals surface area contributed by atoms with E-state index in [9.17, 15) is 23.1 Å². The highest BCUT2D eigenvalue weighted by molar-refractivity contribution is 7.89. The maximum Gasteiger partial charge on any atom is 0.328 e. The number of unbranched alkanes of at least 4 members (excludes halogenated alkanes) is 5. The fourth-order valence-corrected chi connectivity index (χ4v) is 5.03. The Labute approximate surface area is 227 Å². The lowest BCUT2D eigenvalue weighted by molar-refractivity contribution is -0.147. The second-order valence-corrected chi connectivity index (χ2v) is 10.6. The van der Waals surface area contributed by atoms with Crippen LogP contribution in [0.5, 0.6) is 0 Å². The third kappa shape index (κ3) is 18.4. The lowest BCUT2D eigenvalue weighted by Crippen LogP contribution is -2.49. The Kier molecular flexibility index (Phi) is 26.8. The molecule has 0 aliphatic heterocycles. The first-order valence-corrected chi connectivity index (χ1v) is 15.2. The van der Waals surface area contributed by atoms with Crippen molar-refractivity contribution in [1.82, 2.24) is 9.80 Å². The van der Waals surface area contributed by atoms with Crippen LogP contribution in [0.3, 0.4) is 0 Å². The van der Waals surface area contributed by atoms with Crippen LogP contribution in [0.2, 0.25) is 0 Å². The number of carboxylic acid groups (broad SMARTS) is 2. The van der Waals surface area contributed by atoms with Crippen LogP contribution in [0.25, 0.3) is 0 Å². The molecule has 0 aromatic heterocycles. The molecule has 0 rings (SSSR count). The molecular formula is C27H56N2O7S. The monoisotopic (exact) mass is 552 g/mol. The van der Waals surface area contributed by atoms with Gasteiger partial charge in [0.05, 0.1) is 13.0 Å². The summed E-state index contributed by atoms with van der Waals surface area (Å²) in [6.07, 6.45) is 4.74. The first-order valence-electron chi connectivity index (χ1n) is 13.8. The van der Waals surface area contributed by atoms with E-state index in [4.69, 9.17) is 5.11 Å². The molecule has 2 N–H and O–H groups in total. The molecule has 0 heterocycles. The van der Waals surface area contributed by atoms with Gasteiger partial charge in [-0.1, -0.05) is 93.1 Å². The zero-order valence-electron chi connectivity index (χ0n) is 24.6. The Morgan fingerprint density at radius 3 is 1.49 bits per heavy atom. The molecule has 9 nitrogen and oxygen atoms in total. The normalized spacial score (nSPS) is 12.7. The van der Waals surface area contributed by atoms with Crippen molar-refractivity contribution in [3.8, 4) is 0 Å². The average Bonchev–Trinajstić information content (AvgIpc) is 2.86. The van der Waals surface area contributed by atoms with Gasteiger partial charge >= 0.3 is 11.9 Å². The highest BCUT2D eigenvalue weighted by Crippen LogP contribution is 2.31. The van der Waals surface area contributed by atoms with Crippen molar-refractivity contribution >= 4 is 22.1 Å². The summed E-state index contributed by atoms with van der Waals surface area (Å²) in [5, 5.41) is 18.4. The molecule has 0 saturated heterocycles. The molecule has 1 unspecified atom stereocenters. The van der Waals surface area contributed by atoms with Crippen molar-refractivity contribution in [2.24, 2.45) is 0 Å². The zero-order valence-corrected chi connectivity index (χ0v) is 25.4. The summed E-state index contributed by atoms with van der Waals surface area (Å²) in [5.74, 6) is -3.19. The van der Waals surface area contributed by atoms with Crippen molar-refractivity contribution in [2.45, 2.75) is 105 Å². The van der Waals surface area contributed by atoms with Gasteiger partial charge in [0, 0.05) is 0 Å². The van der Waals surface area contributed by atoms with Gasteiger partial charge in [-0.25, -0.2) is 0 Å². The van der Waals surface area contributed by atoms with Gasteiger partial charge in [-0.3, -0.25) is 13.8 Å². The lowest BCUT2D eigenvalue weighted by Gasteiger charge is -2.26. The molecule has 0 amide bonds. The van der Waals surface area contributed by atoms with E-state index in [1.165, 1.54) is 39.3 Å². The standard InChI is InChI=1S/C15H26O7S.2C6H15N/c1-3-5-6-7-8-9-10-15(14(18)19,12-13(16)17)23(20,21)22-11-4-2;2*1-4-7(5-2)6-3/h4H,2-3,5-12H2,1H3,(H,16,17)(H,18,19);2*4-6H2,1-3H3. The maximum absolute atomic E-state index is 12.2. The van der Waals surface area contributed by atoms with Gasteiger partial charge in [0.25, 0.3) is 10.1 Å². The van der Waals surface area contributed by atoms with Crippen molar-refractivity contribution in [3.63, 3.8) is 0 Å². The van der Waals surface area contributed by atoms with Gasteiger partial charge in [-0.05, 0) is 45.7 Å². The van der Waals surface area contributed by atoms with Crippen molar-refractivity contribution in [2.75, 3.05) is 45.9 Å². The molecule has 0 radical (unpaired) electrons. The predicted octanol–water partition coefficient (Wildman–Crippen LogP) is 5.26. The van der Waals surface area contributed by atoms with Crippen LogP contribution in [0.4, 0.5) is 0 Å². The Hall–Kier alpha value is -1.49. The summed E-state index contributed by atoms with van der Waals surface area (Å²) in [5.41, 5.74) is 0. The molecule has 0 saturated carbocycles. The van der Waals surface area contributed by atoms with E-state index < -0.39 is 39.8 Å². The third-order valence-corrected chi connectivity index (χ3v) is 8.19. The number of aliphatic carboxylic acids is 2. The van der Waals surface area contributed by atoms with Crippen LogP contribution < -0.4 is 0 Å². The highest BCUT2D eigenvalue weighted by atomic mass is 32.2. The van der Waals surface area contributed by atoms with E-state index in [1.807, 2.05) is 0 Å². The third-order valence-electron chi connectivity index (χ3n) is 6.26. The van der Waals surface area contributed by atoms with Gasteiger partial charge in [0.1, 0.15) is 0 Å². The fourth-order valence-electron chi connectivity index (χ4n) is 3.62. The van der Waals surface area contributed by atoms with E-state index in [1.54, 1.807) is 0 Å². The van der Waals surface area contributed by atoms with Crippen LogP contribution >= 0.6 is 0 Å². The number of hydrogen-bond acceptors (Lipinski definition) is 7. The average molecular weight is 553 g/mol. The van der Waals surface area contributed by atoms with Crippen LogP contribution in [-0.4, -0.2) is 91.0 Å². The van der Waals surface area contributed by atoms with E-state index in [0.717, 1.165) is 31.8 Å². The summed E-state index contributed by atoms with van der Waals surface area (Å²) in [6.45, 7) is 25.2. The second-order valence-electron chi connectivity index (χ2n) is 8.65. The SMILES string of the molecule is C=CCOS(=O)(=O)C(CCCCCCCC)(CC(=O)O)C(=O)O.CCN(CC)CC.CCN(CC)CC. The van der Waals surface area contributed by atoms with Crippen molar-refractivity contribution < 1.29 is 32.4 Å². The first-order chi connectivity index (χ1) is 17.4. The van der Waals surface area contributed by atoms with Crippen molar-refractivity contribution in [3.05, 3.63) is 12.7 Å². The molecule has 0 bridgehead atoms. The molecule has 0 aromatic rings. The molecule has 1 atom stereocenters. The molecule has 37 heavy (non-hydrogen) atoms. The van der Waals surface area contributed by atoms with Crippen molar-refractivity contribution in [1.29, 1.82) is 0 Å². The van der Waals surface area contributed by atoms with Gasteiger partial charge in [0.2, 0.25) is 4.75 Å². The first kappa shape index (κ1) is 40.0. The lowest BCUT2D eigenvalue weighted by atomic mass is 9.96. The maximum atomic E-state index is 12.2. The molecule has 10 heteroatoms. The number of carbonyl (C=O) groups is 2. The molecule has 0 spiro atoms. The molecule has 0 fully saturated rings. The van der Waals surface area contributed by atoms with Gasteiger partial charge in [-0.15, -0.1) is 6.58 Å². The number of nitrogens with zero attached hydrogens (tertiary/aromatic N) is 2. The Balaban J connectivity index is -0.000000670. The minimum atomic E-state index is -4.59. The fraction of sp³-hybridized carbons (Fsp3) is 0.852. The van der Waals surface area contributed by atoms with E-state index in [2.05, 4.69) is 69.0 Å². The van der Waals surface area contributed by atoms with Gasteiger partial charge < -0.3 is 20.0 Å². The van der Waals surface area contributed by atoms with Gasteiger partial charge in [-0.2, -0.15) is 8.42 Å². The summed E-state index contributed by atoms with van der Waals surface area (Å²) in [6, 6.07) is 0.